The van der Waals surface area contributed by atoms with E-state index in [2.05, 4.69) is 37.0 Å². The van der Waals surface area contributed by atoms with E-state index in [-0.39, 0.29) is 0 Å². The minimum Gasteiger partial charge on any atom is -0.333 e. The van der Waals surface area contributed by atoms with Crippen molar-refractivity contribution in [1.82, 2.24) is 9.55 Å². The van der Waals surface area contributed by atoms with Crippen molar-refractivity contribution < 1.29 is 0 Å². The monoisotopic (exact) mass is 316 g/mol. The molecule has 0 aliphatic rings. The second-order valence-corrected chi connectivity index (χ2v) is 6.05. The molecular formula is C20H20N4. The Bertz CT molecular complexity index is 904. The van der Waals surface area contributed by atoms with Crippen LogP contribution in [0.4, 0.5) is 0 Å². The molecule has 0 aliphatic carbocycles. The fourth-order valence-electron chi connectivity index (χ4n) is 3.20. The van der Waals surface area contributed by atoms with Gasteiger partial charge in [0, 0.05) is 24.7 Å². The molecule has 0 fully saturated rings. The first-order valence-corrected chi connectivity index (χ1v) is 7.87. The SMILES string of the molecule is Cc1cc(CN)cc(C)c1-c1ncn(C)c1-c1ccc(C#N)cc1. The molecule has 1 heterocycles. The van der Waals surface area contributed by atoms with Gasteiger partial charge < -0.3 is 10.3 Å². The number of nitrogens with two attached hydrogens (primary N) is 1. The normalized spacial score (nSPS) is 10.6. The van der Waals surface area contributed by atoms with Gasteiger partial charge in [-0.05, 0) is 42.7 Å². The topological polar surface area (TPSA) is 67.6 Å². The highest BCUT2D eigenvalue weighted by Gasteiger charge is 2.17. The van der Waals surface area contributed by atoms with Crippen LogP contribution in [0.5, 0.6) is 0 Å². The zero-order chi connectivity index (χ0) is 17.3. The van der Waals surface area contributed by atoms with Crippen molar-refractivity contribution in [2.45, 2.75) is 20.4 Å². The first-order chi connectivity index (χ1) is 11.5. The van der Waals surface area contributed by atoms with E-state index in [0.29, 0.717) is 12.1 Å². The molecule has 0 aliphatic heterocycles. The maximum atomic E-state index is 8.99. The van der Waals surface area contributed by atoms with E-state index < -0.39 is 0 Å². The van der Waals surface area contributed by atoms with E-state index in [1.807, 2.05) is 42.2 Å². The molecule has 0 saturated carbocycles. The van der Waals surface area contributed by atoms with Gasteiger partial charge in [-0.2, -0.15) is 5.26 Å². The third-order valence-corrected chi connectivity index (χ3v) is 4.29. The number of nitrogens with zero attached hydrogens (tertiary/aromatic N) is 3. The van der Waals surface area contributed by atoms with Gasteiger partial charge in [0.2, 0.25) is 0 Å². The van der Waals surface area contributed by atoms with Crippen molar-refractivity contribution >= 4 is 0 Å². The van der Waals surface area contributed by atoms with Gasteiger partial charge in [0.05, 0.1) is 29.3 Å². The number of imidazole rings is 1. The zero-order valence-corrected chi connectivity index (χ0v) is 14.2. The van der Waals surface area contributed by atoms with Crippen molar-refractivity contribution in [3.63, 3.8) is 0 Å². The minimum atomic E-state index is 0.534. The summed E-state index contributed by atoms with van der Waals surface area (Å²) >= 11 is 0. The quantitative estimate of drug-likeness (QED) is 0.801. The van der Waals surface area contributed by atoms with E-state index in [9.17, 15) is 0 Å². The Balaban J connectivity index is 2.19. The highest BCUT2D eigenvalue weighted by Crippen LogP contribution is 2.35. The molecule has 0 bridgehead atoms. The van der Waals surface area contributed by atoms with Crippen molar-refractivity contribution in [3.05, 3.63) is 65.0 Å². The summed E-state index contributed by atoms with van der Waals surface area (Å²) in [7, 11) is 1.99. The number of benzene rings is 2. The molecule has 0 saturated heterocycles. The van der Waals surface area contributed by atoms with Crippen LogP contribution in [0.3, 0.4) is 0 Å². The van der Waals surface area contributed by atoms with E-state index in [1.54, 1.807) is 0 Å². The van der Waals surface area contributed by atoms with Gasteiger partial charge in [0.25, 0.3) is 0 Å². The zero-order valence-electron chi connectivity index (χ0n) is 14.2. The van der Waals surface area contributed by atoms with Crippen LogP contribution in [-0.2, 0) is 13.6 Å². The first kappa shape index (κ1) is 16.0. The first-order valence-electron chi connectivity index (χ1n) is 7.87. The molecular weight excluding hydrogens is 296 g/mol. The lowest BCUT2D eigenvalue weighted by molar-refractivity contribution is 0.921. The average Bonchev–Trinajstić information content (AvgIpc) is 2.95. The molecule has 3 aromatic rings. The lowest BCUT2D eigenvalue weighted by Crippen LogP contribution is -2.00. The largest absolute Gasteiger partial charge is 0.333 e. The van der Waals surface area contributed by atoms with Gasteiger partial charge in [0.1, 0.15) is 0 Å². The van der Waals surface area contributed by atoms with Gasteiger partial charge in [-0.25, -0.2) is 4.98 Å². The molecule has 0 amide bonds. The Kier molecular flexibility index (Phi) is 4.20. The van der Waals surface area contributed by atoms with E-state index in [1.165, 1.54) is 11.1 Å². The van der Waals surface area contributed by atoms with Gasteiger partial charge in [-0.15, -0.1) is 0 Å². The summed E-state index contributed by atoms with van der Waals surface area (Å²) in [5.41, 5.74) is 14.1. The van der Waals surface area contributed by atoms with E-state index >= 15 is 0 Å². The summed E-state index contributed by atoms with van der Waals surface area (Å²) in [5.74, 6) is 0. The highest BCUT2D eigenvalue weighted by atomic mass is 15.0. The minimum absolute atomic E-state index is 0.534. The van der Waals surface area contributed by atoms with Crippen LogP contribution in [0.2, 0.25) is 0 Å². The maximum absolute atomic E-state index is 8.99. The Labute approximate surface area is 142 Å². The summed E-state index contributed by atoms with van der Waals surface area (Å²) in [6.07, 6.45) is 1.83. The highest BCUT2D eigenvalue weighted by molar-refractivity contribution is 5.82. The van der Waals surface area contributed by atoms with Crippen LogP contribution < -0.4 is 5.73 Å². The average molecular weight is 316 g/mol. The van der Waals surface area contributed by atoms with Gasteiger partial charge in [-0.1, -0.05) is 24.3 Å². The second-order valence-electron chi connectivity index (χ2n) is 6.05. The third-order valence-electron chi connectivity index (χ3n) is 4.29. The molecule has 4 heteroatoms. The summed E-state index contributed by atoms with van der Waals surface area (Å²) in [6, 6.07) is 14.0. The molecule has 1 aromatic heterocycles. The van der Waals surface area contributed by atoms with Gasteiger partial charge in [0.15, 0.2) is 0 Å². The third kappa shape index (κ3) is 2.70. The van der Waals surface area contributed by atoms with Crippen molar-refractivity contribution in [3.8, 4) is 28.6 Å². The number of rotatable bonds is 3. The predicted octanol–water partition coefficient (Wildman–Crippen LogP) is 3.70. The molecule has 0 atom stereocenters. The number of hydrogen-bond donors (Lipinski definition) is 1. The molecule has 0 spiro atoms. The van der Waals surface area contributed by atoms with Crippen LogP contribution >= 0.6 is 0 Å². The smallest absolute Gasteiger partial charge is 0.0991 e. The van der Waals surface area contributed by atoms with Crippen molar-refractivity contribution in [2.75, 3.05) is 0 Å². The standard InChI is InChI=1S/C20H20N4/c1-13-8-16(11-22)9-14(2)18(13)19-20(24(3)12-23-19)17-6-4-15(10-21)5-7-17/h4-9,12H,11,22H2,1-3H3. The van der Waals surface area contributed by atoms with Gasteiger partial charge >= 0.3 is 0 Å². The Hall–Kier alpha value is -2.90. The lowest BCUT2D eigenvalue weighted by Gasteiger charge is -2.13. The summed E-state index contributed by atoms with van der Waals surface area (Å²) in [4.78, 5) is 4.65. The predicted molar refractivity (Wildman–Crippen MR) is 96.2 cm³/mol. The fraction of sp³-hybridized carbons (Fsp3) is 0.200. The van der Waals surface area contributed by atoms with Crippen molar-refractivity contribution in [1.29, 1.82) is 5.26 Å². The van der Waals surface area contributed by atoms with Crippen LogP contribution in [-0.4, -0.2) is 9.55 Å². The van der Waals surface area contributed by atoms with Crippen LogP contribution in [0, 0.1) is 25.2 Å². The number of nitriles is 1. The summed E-state index contributed by atoms with van der Waals surface area (Å²) < 4.78 is 2.02. The van der Waals surface area contributed by atoms with Crippen LogP contribution in [0.1, 0.15) is 22.3 Å². The van der Waals surface area contributed by atoms with E-state index in [4.69, 9.17) is 11.0 Å². The number of aromatic nitrogens is 2. The van der Waals surface area contributed by atoms with Crippen LogP contribution in [0.15, 0.2) is 42.7 Å². The van der Waals surface area contributed by atoms with Gasteiger partial charge in [-0.3, -0.25) is 0 Å². The van der Waals surface area contributed by atoms with E-state index in [0.717, 1.165) is 28.1 Å². The van der Waals surface area contributed by atoms with Crippen LogP contribution in [0.25, 0.3) is 22.5 Å². The molecule has 0 unspecified atom stereocenters. The number of hydrogen-bond acceptors (Lipinski definition) is 3. The molecule has 0 radical (unpaired) electrons. The Morgan fingerprint density at radius 3 is 2.29 bits per heavy atom. The molecule has 4 nitrogen and oxygen atoms in total. The lowest BCUT2D eigenvalue weighted by atomic mass is 9.94. The van der Waals surface area contributed by atoms with Crippen molar-refractivity contribution in [2.24, 2.45) is 12.8 Å². The Morgan fingerprint density at radius 2 is 1.75 bits per heavy atom. The molecule has 120 valence electrons. The molecule has 2 aromatic carbocycles. The second kappa shape index (κ2) is 6.31. The maximum Gasteiger partial charge on any atom is 0.0991 e. The molecule has 24 heavy (non-hydrogen) atoms. The fourth-order valence-corrected chi connectivity index (χ4v) is 3.20. The summed E-state index contributed by atoms with van der Waals surface area (Å²) in [5, 5.41) is 8.99. The molecule has 3 rings (SSSR count). The number of aryl methyl sites for hydroxylation is 3. The summed E-state index contributed by atoms with van der Waals surface area (Å²) in [6.45, 7) is 4.73. The Morgan fingerprint density at radius 1 is 1.12 bits per heavy atom. The molecule has 2 N–H and O–H groups in total.